The van der Waals surface area contributed by atoms with Crippen LogP contribution in [0, 0.1) is 11.8 Å². The summed E-state index contributed by atoms with van der Waals surface area (Å²) in [5, 5.41) is 9.13. The average Bonchev–Trinajstić information content (AvgIpc) is 3.03. The smallest absolute Gasteiger partial charge is 0.324 e. The molecule has 24 heavy (non-hydrogen) atoms. The van der Waals surface area contributed by atoms with Gasteiger partial charge in [0.2, 0.25) is 5.91 Å². The highest BCUT2D eigenvalue weighted by Crippen LogP contribution is 2.35. The molecule has 0 radical (unpaired) electrons. The van der Waals surface area contributed by atoms with E-state index in [0.29, 0.717) is 11.6 Å². The minimum atomic E-state index is -4.60. The van der Waals surface area contributed by atoms with Crippen LogP contribution >= 0.6 is 11.3 Å². The van der Waals surface area contributed by atoms with E-state index in [2.05, 4.69) is 31.2 Å². The summed E-state index contributed by atoms with van der Waals surface area (Å²) in [5.41, 5.74) is -0.427. The van der Waals surface area contributed by atoms with Gasteiger partial charge in [0.1, 0.15) is 5.92 Å². The molecule has 1 aliphatic heterocycles. The molecule has 134 valence electrons. The number of amides is 1. The van der Waals surface area contributed by atoms with E-state index in [1.165, 1.54) is 18.4 Å². The van der Waals surface area contributed by atoms with Gasteiger partial charge in [0.25, 0.3) is 0 Å². The van der Waals surface area contributed by atoms with Crippen LogP contribution in [0.3, 0.4) is 0 Å². The summed E-state index contributed by atoms with van der Waals surface area (Å²) in [4.78, 5) is 13.4. The van der Waals surface area contributed by atoms with Gasteiger partial charge in [-0.15, -0.1) is 11.3 Å². The van der Waals surface area contributed by atoms with Crippen LogP contribution in [0.25, 0.3) is 0 Å². The van der Waals surface area contributed by atoms with Crippen LogP contribution in [0.2, 0.25) is 0 Å². The summed E-state index contributed by atoms with van der Waals surface area (Å²) < 4.78 is 39.1. The van der Waals surface area contributed by atoms with E-state index in [4.69, 9.17) is 0 Å². The lowest BCUT2D eigenvalue weighted by molar-refractivity contribution is -0.119. The van der Waals surface area contributed by atoms with E-state index in [1.807, 2.05) is 5.38 Å². The van der Waals surface area contributed by atoms with Crippen molar-refractivity contribution in [2.45, 2.75) is 39.3 Å². The van der Waals surface area contributed by atoms with Gasteiger partial charge in [0.05, 0.1) is 12.2 Å². The van der Waals surface area contributed by atoms with Gasteiger partial charge in [-0.05, 0) is 29.7 Å². The van der Waals surface area contributed by atoms with Gasteiger partial charge in [-0.25, -0.2) is 0 Å². The molecule has 8 heteroatoms. The quantitative estimate of drug-likeness (QED) is 0.849. The molecular weight excluding hydrogens is 339 g/mol. The van der Waals surface area contributed by atoms with Gasteiger partial charge >= 0.3 is 6.18 Å². The fourth-order valence-electron chi connectivity index (χ4n) is 2.95. The molecule has 0 aliphatic carbocycles. The molecule has 2 unspecified atom stereocenters. The van der Waals surface area contributed by atoms with Crippen molar-refractivity contribution in [3.8, 4) is 0 Å². The minimum absolute atomic E-state index is 0.0678. The average molecular weight is 361 g/mol. The molecule has 2 heterocycles. The van der Waals surface area contributed by atoms with Gasteiger partial charge in [0, 0.05) is 11.9 Å². The molecule has 2 atom stereocenters. The maximum absolute atomic E-state index is 13.0. The molecule has 0 spiro atoms. The Bertz CT molecular complexity index is 624. The first kappa shape index (κ1) is 18.8. The molecule has 0 fully saturated rings. The third kappa shape index (κ3) is 4.28. The Labute approximate surface area is 143 Å². The molecule has 0 bridgehead atoms. The number of nitrogens with one attached hydrogen (secondary N) is 1. The Morgan fingerprint density at radius 2 is 2.12 bits per heavy atom. The monoisotopic (exact) mass is 361 g/mol. The Hall–Kier alpha value is -1.57. The number of carbonyl (C=O) groups is 1. The van der Waals surface area contributed by atoms with Crippen LogP contribution < -0.4 is 5.32 Å². The van der Waals surface area contributed by atoms with Crippen LogP contribution in [0.15, 0.2) is 16.5 Å². The lowest BCUT2D eigenvalue weighted by Crippen LogP contribution is -2.38. The maximum Gasteiger partial charge on any atom is 0.432 e. The molecule has 4 nitrogen and oxygen atoms in total. The lowest BCUT2D eigenvalue weighted by atomic mass is 9.96. The van der Waals surface area contributed by atoms with Crippen molar-refractivity contribution >= 4 is 28.6 Å². The predicted octanol–water partition coefficient (Wildman–Crippen LogP) is 4.32. The molecule has 1 N–H and O–H groups in total. The summed E-state index contributed by atoms with van der Waals surface area (Å²) >= 11 is 1.51. The second-order valence-electron chi connectivity index (χ2n) is 6.59. The van der Waals surface area contributed by atoms with Crippen LogP contribution in [-0.4, -0.2) is 36.4 Å². The number of nitrogens with zero attached hydrogens (tertiary/aromatic N) is 2. The van der Waals surface area contributed by atoms with E-state index in [0.717, 1.165) is 16.3 Å². The first-order valence-corrected chi connectivity index (χ1v) is 8.72. The zero-order valence-corrected chi connectivity index (χ0v) is 15.0. The second kappa shape index (κ2) is 7.13. The normalized spacial score (nSPS) is 19.6. The number of alkyl halides is 3. The Morgan fingerprint density at radius 1 is 1.46 bits per heavy atom. The number of rotatable bonds is 5. The van der Waals surface area contributed by atoms with Crippen molar-refractivity contribution in [3.05, 3.63) is 16.3 Å². The van der Waals surface area contributed by atoms with Gasteiger partial charge in [-0.1, -0.05) is 20.8 Å². The highest BCUT2D eigenvalue weighted by atomic mass is 32.1. The zero-order chi connectivity index (χ0) is 18.1. The van der Waals surface area contributed by atoms with Crippen LogP contribution in [0.5, 0.6) is 0 Å². The van der Waals surface area contributed by atoms with Crippen LogP contribution in [-0.2, 0) is 4.79 Å². The molecule has 1 amide bonds. The summed E-state index contributed by atoms with van der Waals surface area (Å²) in [5.74, 6) is -1.23. The fourth-order valence-corrected chi connectivity index (χ4v) is 3.87. The number of hydrogen-bond acceptors (Lipinski definition) is 4. The number of thiophene rings is 1. The molecule has 0 aromatic carbocycles. The van der Waals surface area contributed by atoms with Gasteiger partial charge in [-0.2, -0.15) is 18.3 Å². The highest BCUT2D eigenvalue weighted by molar-refractivity contribution is 7.10. The molecule has 2 rings (SSSR count). The first-order valence-electron chi connectivity index (χ1n) is 7.84. The van der Waals surface area contributed by atoms with Gasteiger partial charge in [-0.3, -0.25) is 9.80 Å². The van der Waals surface area contributed by atoms with Crippen molar-refractivity contribution in [2.24, 2.45) is 16.9 Å². The summed E-state index contributed by atoms with van der Waals surface area (Å²) in [6, 6.07) is 1.75. The lowest BCUT2D eigenvalue weighted by Gasteiger charge is -2.18. The van der Waals surface area contributed by atoms with Crippen LogP contribution in [0.1, 0.15) is 38.0 Å². The molecule has 0 saturated heterocycles. The number of carbonyl (C=O) groups excluding carboxylic acids is 1. The van der Waals surface area contributed by atoms with E-state index in [9.17, 15) is 18.0 Å². The van der Waals surface area contributed by atoms with E-state index >= 15 is 0 Å². The van der Waals surface area contributed by atoms with Gasteiger partial charge in [0.15, 0.2) is 5.71 Å². The zero-order valence-electron chi connectivity index (χ0n) is 14.1. The van der Waals surface area contributed by atoms with Crippen molar-refractivity contribution in [1.82, 2.24) is 5.01 Å². The third-order valence-electron chi connectivity index (χ3n) is 3.89. The number of hydrogen-bond donors (Lipinski definition) is 1. The van der Waals surface area contributed by atoms with E-state index in [-0.39, 0.29) is 12.5 Å². The Kier molecular flexibility index (Phi) is 5.57. The number of halogens is 3. The topological polar surface area (TPSA) is 44.7 Å². The van der Waals surface area contributed by atoms with E-state index in [1.54, 1.807) is 6.07 Å². The summed E-state index contributed by atoms with van der Waals surface area (Å²) in [6.07, 6.45) is -3.65. The van der Waals surface area contributed by atoms with E-state index < -0.39 is 23.7 Å². The first-order chi connectivity index (χ1) is 11.1. The summed E-state index contributed by atoms with van der Waals surface area (Å²) in [6.45, 7) is 6.22. The Balaban J connectivity index is 2.14. The van der Waals surface area contributed by atoms with Crippen molar-refractivity contribution < 1.29 is 18.0 Å². The standard InChI is InChI=1S/C16H22F3N3OS/c1-9(2)7-10(3)13-12(5-6-24-13)20-15(23)11-8-22(4)21-14(11)16(17,18)19/h5-6,9-11H,7-8H2,1-4H3,(H,20,23). The van der Waals surface area contributed by atoms with Gasteiger partial charge < -0.3 is 5.32 Å². The predicted molar refractivity (Wildman–Crippen MR) is 90.4 cm³/mol. The summed E-state index contributed by atoms with van der Waals surface area (Å²) in [7, 11) is 1.43. The molecular formula is C16H22F3N3OS. The number of anilines is 1. The molecule has 1 aromatic rings. The SMILES string of the molecule is CC(C)CC(C)c1sccc1NC(=O)C1CN(C)N=C1C(F)(F)F. The Morgan fingerprint density at radius 3 is 2.71 bits per heavy atom. The number of hydrazone groups is 1. The van der Waals surface area contributed by atoms with Crippen molar-refractivity contribution in [1.29, 1.82) is 0 Å². The largest absolute Gasteiger partial charge is 0.432 e. The molecule has 0 saturated carbocycles. The highest BCUT2D eigenvalue weighted by Gasteiger charge is 2.47. The minimum Gasteiger partial charge on any atom is -0.324 e. The van der Waals surface area contributed by atoms with Crippen LogP contribution in [0.4, 0.5) is 18.9 Å². The van der Waals surface area contributed by atoms with Crippen molar-refractivity contribution in [3.63, 3.8) is 0 Å². The molecule has 1 aliphatic rings. The van der Waals surface area contributed by atoms with Crippen molar-refractivity contribution in [2.75, 3.05) is 18.9 Å². The third-order valence-corrected chi connectivity index (χ3v) is 5.04. The fraction of sp³-hybridized carbons (Fsp3) is 0.625. The molecule has 1 aromatic heterocycles. The second-order valence-corrected chi connectivity index (χ2v) is 7.54. The maximum atomic E-state index is 13.0.